The molecule has 1 unspecified atom stereocenters. The summed E-state index contributed by atoms with van der Waals surface area (Å²) >= 11 is 5.90. The van der Waals surface area contributed by atoms with E-state index in [0.29, 0.717) is 6.04 Å². The third-order valence-corrected chi connectivity index (χ3v) is 3.03. The van der Waals surface area contributed by atoms with Crippen LogP contribution in [-0.4, -0.2) is 32.6 Å². The minimum atomic E-state index is 0.477. The first kappa shape index (κ1) is 13.5. The van der Waals surface area contributed by atoms with Crippen molar-refractivity contribution in [1.29, 1.82) is 0 Å². The normalized spacial score (nSPS) is 13.1. The summed E-state index contributed by atoms with van der Waals surface area (Å²) in [6.07, 6.45) is 2.34. The Morgan fingerprint density at radius 2 is 1.88 bits per heavy atom. The van der Waals surface area contributed by atoms with E-state index in [9.17, 15) is 0 Å². The number of nitrogens with zero attached hydrogens (tertiary/aromatic N) is 1. The molecule has 0 aliphatic carbocycles. The monoisotopic (exact) mass is 240 g/mol. The van der Waals surface area contributed by atoms with Crippen LogP contribution in [0.25, 0.3) is 0 Å². The van der Waals surface area contributed by atoms with Crippen LogP contribution < -0.4 is 5.32 Å². The van der Waals surface area contributed by atoms with E-state index < -0.39 is 0 Å². The number of benzene rings is 1. The molecule has 1 rings (SSSR count). The molecule has 1 atom stereocenters. The van der Waals surface area contributed by atoms with Gasteiger partial charge >= 0.3 is 0 Å². The number of rotatable bonds is 6. The van der Waals surface area contributed by atoms with Crippen LogP contribution in [0.2, 0.25) is 5.02 Å². The topological polar surface area (TPSA) is 15.3 Å². The van der Waals surface area contributed by atoms with Crippen LogP contribution in [0.4, 0.5) is 0 Å². The minimum absolute atomic E-state index is 0.477. The van der Waals surface area contributed by atoms with E-state index >= 15 is 0 Å². The van der Waals surface area contributed by atoms with E-state index in [0.717, 1.165) is 18.0 Å². The Kier molecular flexibility index (Phi) is 5.81. The molecule has 1 aromatic rings. The fourth-order valence-corrected chi connectivity index (χ4v) is 2.01. The van der Waals surface area contributed by atoms with Crippen molar-refractivity contribution < 1.29 is 0 Å². The van der Waals surface area contributed by atoms with E-state index in [1.165, 1.54) is 12.0 Å². The van der Waals surface area contributed by atoms with Gasteiger partial charge < -0.3 is 10.2 Å². The minimum Gasteiger partial charge on any atom is -0.320 e. The second-order valence-corrected chi connectivity index (χ2v) is 4.71. The Hall–Kier alpha value is -0.570. The SMILES string of the molecule is CNCCCC(c1ccc(Cl)cc1)N(C)C. The summed E-state index contributed by atoms with van der Waals surface area (Å²) in [4.78, 5) is 2.26. The third-order valence-electron chi connectivity index (χ3n) is 2.78. The quantitative estimate of drug-likeness (QED) is 0.770. The Bertz CT molecular complexity index is 295. The summed E-state index contributed by atoms with van der Waals surface area (Å²) in [5.41, 5.74) is 1.34. The summed E-state index contributed by atoms with van der Waals surface area (Å²) in [7, 11) is 6.24. The van der Waals surface area contributed by atoms with Gasteiger partial charge in [0.1, 0.15) is 0 Å². The molecule has 1 N–H and O–H groups in total. The van der Waals surface area contributed by atoms with Crippen molar-refractivity contribution in [2.45, 2.75) is 18.9 Å². The molecular weight excluding hydrogens is 220 g/mol. The Balaban J connectivity index is 2.65. The highest BCUT2D eigenvalue weighted by molar-refractivity contribution is 6.30. The van der Waals surface area contributed by atoms with Crippen LogP contribution in [-0.2, 0) is 0 Å². The van der Waals surface area contributed by atoms with E-state index in [-0.39, 0.29) is 0 Å². The second-order valence-electron chi connectivity index (χ2n) is 4.28. The van der Waals surface area contributed by atoms with Gasteiger partial charge in [-0.05, 0) is 58.2 Å². The zero-order valence-corrected chi connectivity index (χ0v) is 11.1. The Labute approximate surface area is 104 Å². The largest absolute Gasteiger partial charge is 0.320 e. The molecule has 0 fully saturated rings. The Morgan fingerprint density at radius 1 is 1.25 bits per heavy atom. The van der Waals surface area contributed by atoms with Crippen LogP contribution in [0.1, 0.15) is 24.4 Å². The van der Waals surface area contributed by atoms with Crippen molar-refractivity contribution in [3.05, 3.63) is 34.9 Å². The van der Waals surface area contributed by atoms with E-state index in [4.69, 9.17) is 11.6 Å². The molecule has 0 heterocycles. The van der Waals surface area contributed by atoms with Crippen molar-refractivity contribution >= 4 is 11.6 Å². The first-order valence-corrected chi connectivity index (χ1v) is 6.09. The molecule has 90 valence electrons. The highest BCUT2D eigenvalue weighted by atomic mass is 35.5. The summed E-state index contributed by atoms with van der Waals surface area (Å²) in [6, 6.07) is 8.64. The summed E-state index contributed by atoms with van der Waals surface area (Å²) < 4.78 is 0. The third kappa shape index (κ3) is 4.12. The van der Waals surface area contributed by atoms with Crippen molar-refractivity contribution in [1.82, 2.24) is 10.2 Å². The molecule has 3 heteroatoms. The lowest BCUT2D eigenvalue weighted by Crippen LogP contribution is -2.21. The first-order valence-electron chi connectivity index (χ1n) is 5.71. The van der Waals surface area contributed by atoms with Gasteiger partial charge in [0.05, 0.1) is 0 Å². The molecule has 0 saturated heterocycles. The van der Waals surface area contributed by atoms with E-state index in [1.54, 1.807) is 0 Å². The van der Waals surface area contributed by atoms with Crippen LogP contribution in [0.15, 0.2) is 24.3 Å². The van der Waals surface area contributed by atoms with E-state index in [2.05, 4.69) is 36.4 Å². The van der Waals surface area contributed by atoms with Crippen molar-refractivity contribution in [3.8, 4) is 0 Å². The molecule has 16 heavy (non-hydrogen) atoms. The molecule has 0 aromatic heterocycles. The number of nitrogens with one attached hydrogen (secondary N) is 1. The summed E-state index contributed by atoms with van der Waals surface area (Å²) in [5, 5.41) is 3.99. The van der Waals surface area contributed by atoms with Gasteiger partial charge in [-0.1, -0.05) is 23.7 Å². The maximum atomic E-state index is 5.90. The van der Waals surface area contributed by atoms with Crippen molar-refractivity contribution in [2.24, 2.45) is 0 Å². The lowest BCUT2D eigenvalue weighted by molar-refractivity contribution is 0.279. The smallest absolute Gasteiger partial charge is 0.0406 e. The second kappa shape index (κ2) is 6.89. The summed E-state index contributed by atoms with van der Waals surface area (Å²) in [6.45, 7) is 1.07. The molecule has 0 radical (unpaired) electrons. The molecule has 0 aliphatic heterocycles. The molecule has 0 bridgehead atoms. The van der Waals surface area contributed by atoms with Gasteiger partial charge in [0.15, 0.2) is 0 Å². The van der Waals surface area contributed by atoms with Gasteiger partial charge in [-0.25, -0.2) is 0 Å². The van der Waals surface area contributed by atoms with Crippen molar-refractivity contribution in [3.63, 3.8) is 0 Å². The van der Waals surface area contributed by atoms with Gasteiger partial charge in [0.2, 0.25) is 0 Å². The molecule has 0 aliphatic rings. The van der Waals surface area contributed by atoms with Gasteiger partial charge in [-0.2, -0.15) is 0 Å². The van der Waals surface area contributed by atoms with Crippen LogP contribution in [0.3, 0.4) is 0 Å². The highest BCUT2D eigenvalue weighted by Gasteiger charge is 2.12. The van der Waals surface area contributed by atoms with Gasteiger partial charge in [0, 0.05) is 11.1 Å². The van der Waals surface area contributed by atoms with Crippen molar-refractivity contribution in [2.75, 3.05) is 27.7 Å². The van der Waals surface area contributed by atoms with Crippen LogP contribution >= 0.6 is 11.6 Å². The number of hydrogen-bond donors (Lipinski definition) is 1. The number of hydrogen-bond acceptors (Lipinski definition) is 2. The predicted molar refractivity (Wildman–Crippen MR) is 71.0 cm³/mol. The number of halogens is 1. The molecule has 0 amide bonds. The maximum Gasteiger partial charge on any atom is 0.0406 e. The van der Waals surface area contributed by atoms with Crippen LogP contribution in [0.5, 0.6) is 0 Å². The highest BCUT2D eigenvalue weighted by Crippen LogP contribution is 2.24. The molecule has 0 saturated carbocycles. The Morgan fingerprint density at radius 3 is 2.38 bits per heavy atom. The van der Waals surface area contributed by atoms with Gasteiger partial charge in [-0.3, -0.25) is 0 Å². The first-order chi connectivity index (χ1) is 7.65. The lowest BCUT2D eigenvalue weighted by atomic mass is 10.0. The van der Waals surface area contributed by atoms with Gasteiger partial charge in [0.25, 0.3) is 0 Å². The fraction of sp³-hybridized carbons (Fsp3) is 0.538. The average Bonchev–Trinajstić information content (AvgIpc) is 2.26. The standard InChI is InChI=1S/C13H21ClN2/c1-15-10-4-5-13(16(2)3)11-6-8-12(14)9-7-11/h6-9,13,15H,4-5,10H2,1-3H3. The average molecular weight is 241 g/mol. The molecule has 1 aromatic carbocycles. The molecule has 0 spiro atoms. The van der Waals surface area contributed by atoms with Gasteiger partial charge in [-0.15, -0.1) is 0 Å². The molecular formula is C13H21ClN2. The predicted octanol–water partition coefficient (Wildman–Crippen LogP) is 2.94. The van der Waals surface area contributed by atoms with E-state index in [1.807, 2.05) is 19.2 Å². The maximum absolute atomic E-state index is 5.90. The molecule has 2 nitrogen and oxygen atoms in total. The zero-order valence-electron chi connectivity index (χ0n) is 10.3. The lowest BCUT2D eigenvalue weighted by Gasteiger charge is -2.24. The fourth-order valence-electron chi connectivity index (χ4n) is 1.88. The van der Waals surface area contributed by atoms with Crippen LogP contribution in [0, 0.1) is 0 Å². The zero-order chi connectivity index (χ0) is 12.0. The summed E-state index contributed by atoms with van der Waals surface area (Å²) in [5.74, 6) is 0.